The van der Waals surface area contributed by atoms with Crippen LogP contribution >= 0.6 is 0 Å². The van der Waals surface area contributed by atoms with Crippen molar-refractivity contribution in [3.8, 4) is 0 Å². The number of benzene rings is 1. The van der Waals surface area contributed by atoms with Gasteiger partial charge in [0, 0.05) is 34.1 Å². The minimum atomic E-state index is -0.676. The summed E-state index contributed by atoms with van der Waals surface area (Å²) in [5.74, 6) is -0.764. The molecule has 1 aliphatic rings. The number of nitrogens with zero attached hydrogens (tertiary/aromatic N) is 6. The standard InChI is InChI=1S/C16H19N7O4/c1-26-14(24)2-3-16(4-5-27-10-16)20-15(25)12-6-11(9-19-22-17)7-13(8-12)21-23-18/h6-8H,2-5,9-10H2,1H3,(H,20,25). The van der Waals surface area contributed by atoms with E-state index in [2.05, 4.69) is 30.1 Å². The third-order valence-electron chi connectivity index (χ3n) is 4.23. The van der Waals surface area contributed by atoms with Gasteiger partial charge < -0.3 is 14.8 Å². The molecular weight excluding hydrogens is 354 g/mol. The molecule has 1 atom stereocenters. The maximum absolute atomic E-state index is 12.8. The second-order valence-corrected chi connectivity index (χ2v) is 6.08. The van der Waals surface area contributed by atoms with Crippen LogP contribution in [0.4, 0.5) is 5.69 Å². The van der Waals surface area contributed by atoms with Crippen molar-refractivity contribution in [2.75, 3.05) is 20.3 Å². The summed E-state index contributed by atoms with van der Waals surface area (Å²) in [7, 11) is 1.31. The third kappa shape index (κ3) is 5.61. The summed E-state index contributed by atoms with van der Waals surface area (Å²) in [6.45, 7) is 0.780. The van der Waals surface area contributed by atoms with E-state index in [9.17, 15) is 9.59 Å². The summed E-state index contributed by atoms with van der Waals surface area (Å²) in [6.07, 6.45) is 1.10. The van der Waals surface area contributed by atoms with Crippen molar-refractivity contribution in [2.24, 2.45) is 10.2 Å². The number of nitrogens with one attached hydrogen (secondary N) is 1. The van der Waals surface area contributed by atoms with Crippen LogP contribution in [0.15, 0.2) is 28.4 Å². The molecule has 11 heteroatoms. The van der Waals surface area contributed by atoms with E-state index in [1.54, 1.807) is 6.07 Å². The molecule has 1 aromatic carbocycles. The number of ether oxygens (including phenoxy) is 2. The number of azide groups is 2. The normalized spacial score (nSPS) is 18.1. The first kappa shape index (κ1) is 20.1. The Hall–Kier alpha value is -3.26. The van der Waals surface area contributed by atoms with Gasteiger partial charge in [0.15, 0.2) is 0 Å². The number of esters is 1. The molecule has 0 radical (unpaired) electrons. The van der Waals surface area contributed by atoms with Gasteiger partial charge in [-0.1, -0.05) is 10.2 Å². The molecule has 11 nitrogen and oxygen atoms in total. The molecule has 0 aromatic heterocycles. The highest BCUT2D eigenvalue weighted by molar-refractivity contribution is 5.95. The van der Waals surface area contributed by atoms with Gasteiger partial charge >= 0.3 is 5.97 Å². The quantitative estimate of drug-likeness (QED) is 0.320. The molecule has 1 heterocycles. The average Bonchev–Trinajstić information content (AvgIpc) is 3.13. The molecule has 1 fully saturated rings. The minimum absolute atomic E-state index is 0.0160. The Morgan fingerprint density at radius 2 is 2.15 bits per heavy atom. The Bertz CT molecular complexity index is 807. The first-order valence-electron chi connectivity index (χ1n) is 8.19. The lowest BCUT2D eigenvalue weighted by atomic mass is 9.91. The summed E-state index contributed by atoms with van der Waals surface area (Å²) in [5, 5.41) is 9.91. The zero-order valence-electron chi connectivity index (χ0n) is 14.8. The fourth-order valence-corrected chi connectivity index (χ4v) is 2.84. The Morgan fingerprint density at radius 3 is 2.78 bits per heavy atom. The van der Waals surface area contributed by atoms with Crippen LogP contribution in [0.1, 0.15) is 35.2 Å². The summed E-state index contributed by atoms with van der Waals surface area (Å²) in [5.41, 5.74) is 17.5. The Balaban J connectivity index is 2.23. The molecular formula is C16H19N7O4. The summed E-state index contributed by atoms with van der Waals surface area (Å²) in [4.78, 5) is 29.7. The Kier molecular flexibility index (Phi) is 7.01. The largest absolute Gasteiger partial charge is 0.469 e. The van der Waals surface area contributed by atoms with Crippen molar-refractivity contribution in [3.05, 3.63) is 50.2 Å². The van der Waals surface area contributed by atoms with Gasteiger partial charge in [-0.05, 0) is 47.7 Å². The topological polar surface area (TPSA) is 162 Å². The van der Waals surface area contributed by atoms with E-state index in [1.165, 1.54) is 19.2 Å². The Labute approximate surface area is 154 Å². The molecule has 0 aliphatic carbocycles. The second-order valence-electron chi connectivity index (χ2n) is 6.08. The van der Waals surface area contributed by atoms with E-state index >= 15 is 0 Å². The SMILES string of the molecule is COC(=O)CCC1(NC(=O)c2cc(CN=[N+]=[N-])cc(N=[N+]=[N-])c2)CCOC1. The van der Waals surface area contributed by atoms with Crippen LogP contribution in [0.3, 0.4) is 0 Å². The van der Waals surface area contributed by atoms with Crippen molar-refractivity contribution in [1.29, 1.82) is 0 Å². The molecule has 1 amide bonds. The van der Waals surface area contributed by atoms with Crippen LogP contribution < -0.4 is 5.32 Å². The minimum Gasteiger partial charge on any atom is -0.469 e. The lowest BCUT2D eigenvalue weighted by molar-refractivity contribution is -0.141. The molecule has 2 rings (SSSR count). The molecule has 1 saturated heterocycles. The van der Waals surface area contributed by atoms with Gasteiger partial charge in [-0.25, -0.2) is 0 Å². The van der Waals surface area contributed by atoms with Gasteiger partial charge in [-0.15, -0.1) is 0 Å². The number of hydrogen-bond donors (Lipinski definition) is 1. The van der Waals surface area contributed by atoms with Gasteiger partial charge in [0.2, 0.25) is 0 Å². The van der Waals surface area contributed by atoms with Crippen molar-refractivity contribution in [3.63, 3.8) is 0 Å². The van der Waals surface area contributed by atoms with Crippen molar-refractivity contribution >= 4 is 17.6 Å². The number of hydrogen-bond acceptors (Lipinski definition) is 6. The predicted molar refractivity (Wildman–Crippen MR) is 95.0 cm³/mol. The molecule has 1 N–H and O–H groups in total. The molecule has 1 unspecified atom stereocenters. The molecule has 0 bridgehead atoms. The number of amides is 1. The summed E-state index contributed by atoms with van der Waals surface area (Å²) in [6, 6.07) is 4.54. The molecule has 0 spiro atoms. The van der Waals surface area contributed by atoms with Crippen molar-refractivity contribution < 1.29 is 19.1 Å². The fourth-order valence-electron chi connectivity index (χ4n) is 2.84. The number of carbonyl (C=O) groups is 2. The predicted octanol–water partition coefficient (Wildman–Crippen LogP) is 3.28. The van der Waals surface area contributed by atoms with Crippen LogP contribution in [0.2, 0.25) is 0 Å². The lowest BCUT2D eigenvalue weighted by Gasteiger charge is -2.28. The van der Waals surface area contributed by atoms with E-state index in [0.717, 1.165) is 0 Å². The molecule has 142 valence electrons. The first-order chi connectivity index (χ1) is 13.0. The second kappa shape index (κ2) is 9.44. The lowest BCUT2D eigenvalue weighted by Crippen LogP contribution is -2.49. The maximum Gasteiger partial charge on any atom is 0.305 e. The van der Waals surface area contributed by atoms with E-state index in [4.69, 9.17) is 15.8 Å². The summed E-state index contributed by atoms with van der Waals surface area (Å²) >= 11 is 0. The highest BCUT2D eigenvalue weighted by Gasteiger charge is 2.37. The monoisotopic (exact) mass is 373 g/mol. The molecule has 27 heavy (non-hydrogen) atoms. The first-order valence-corrected chi connectivity index (χ1v) is 8.19. The molecule has 1 aromatic rings. The zero-order chi connectivity index (χ0) is 19.7. The van der Waals surface area contributed by atoms with Crippen LogP contribution in [0.5, 0.6) is 0 Å². The van der Waals surface area contributed by atoms with Crippen LogP contribution in [0, 0.1) is 0 Å². The van der Waals surface area contributed by atoms with Gasteiger partial charge in [0.25, 0.3) is 5.91 Å². The summed E-state index contributed by atoms with van der Waals surface area (Å²) < 4.78 is 10.1. The van der Waals surface area contributed by atoms with Gasteiger partial charge in [0.1, 0.15) is 0 Å². The fraction of sp³-hybridized carbons (Fsp3) is 0.500. The smallest absolute Gasteiger partial charge is 0.305 e. The van der Waals surface area contributed by atoms with Crippen LogP contribution in [-0.4, -0.2) is 37.7 Å². The zero-order valence-corrected chi connectivity index (χ0v) is 14.8. The maximum atomic E-state index is 12.8. The van der Waals surface area contributed by atoms with Gasteiger partial charge in [-0.2, -0.15) is 0 Å². The number of rotatable bonds is 8. The molecule has 0 saturated carbocycles. The van der Waals surface area contributed by atoms with Gasteiger partial charge in [0.05, 0.1) is 25.8 Å². The van der Waals surface area contributed by atoms with E-state index in [-0.39, 0.29) is 36.8 Å². The highest BCUT2D eigenvalue weighted by atomic mass is 16.5. The van der Waals surface area contributed by atoms with Crippen LogP contribution in [0.25, 0.3) is 20.9 Å². The average molecular weight is 373 g/mol. The van der Waals surface area contributed by atoms with E-state index < -0.39 is 11.4 Å². The molecule has 1 aliphatic heterocycles. The highest BCUT2D eigenvalue weighted by Crippen LogP contribution is 2.26. The Morgan fingerprint density at radius 1 is 1.33 bits per heavy atom. The van der Waals surface area contributed by atoms with Gasteiger partial charge in [-0.3, -0.25) is 9.59 Å². The van der Waals surface area contributed by atoms with Crippen molar-refractivity contribution in [1.82, 2.24) is 5.32 Å². The number of carbonyl (C=O) groups excluding carboxylic acids is 2. The third-order valence-corrected chi connectivity index (χ3v) is 4.23. The van der Waals surface area contributed by atoms with Crippen LogP contribution in [-0.2, 0) is 20.8 Å². The van der Waals surface area contributed by atoms with Crippen molar-refractivity contribution in [2.45, 2.75) is 31.3 Å². The van der Waals surface area contributed by atoms with E-state index in [1.807, 2.05) is 0 Å². The number of methoxy groups -OCH3 is 1. The van der Waals surface area contributed by atoms with E-state index in [0.29, 0.717) is 25.0 Å².